The van der Waals surface area contributed by atoms with E-state index in [-0.39, 0.29) is 5.41 Å². The average molecular weight is 299 g/mol. The monoisotopic (exact) mass is 299 g/mol. The highest BCUT2D eigenvalue weighted by molar-refractivity contribution is 7.09. The Morgan fingerprint density at radius 3 is 2.67 bits per heavy atom. The van der Waals surface area contributed by atoms with Gasteiger partial charge in [-0.2, -0.15) is 0 Å². The molecule has 0 atom stereocenters. The molecular weight excluding hydrogens is 282 g/mol. The molecular formula is C15H17N5S. The Labute approximate surface area is 127 Å². The van der Waals surface area contributed by atoms with Crippen LogP contribution in [0.5, 0.6) is 0 Å². The van der Waals surface area contributed by atoms with Crippen LogP contribution in [0.25, 0.3) is 11.2 Å². The lowest BCUT2D eigenvalue weighted by molar-refractivity contribution is 0.583. The van der Waals surface area contributed by atoms with E-state index in [1.165, 1.54) is 0 Å². The van der Waals surface area contributed by atoms with Gasteiger partial charge in [-0.05, 0) is 12.1 Å². The summed E-state index contributed by atoms with van der Waals surface area (Å²) in [4.78, 5) is 17.5. The van der Waals surface area contributed by atoms with Crippen LogP contribution in [-0.4, -0.2) is 19.9 Å². The molecule has 0 saturated carbocycles. The van der Waals surface area contributed by atoms with E-state index in [2.05, 4.69) is 51.4 Å². The Bertz CT molecular complexity index is 760. The number of hydrogen-bond donors (Lipinski definition) is 1. The predicted molar refractivity (Wildman–Crippen MR) is 85.5 cm³/mol. The summed E-state index contributed by atoms with van der Waals surface area (Å²) in [6.45, 7) is 7.18. The number of pyridine rings is 1. The molecule has 0 amide bonds. The van der Waals surface area contributed by atoms with Gasteiger partial charge in [-0.25, -0.2) is 15.0 Å². The number of rotatable bonds is 3. The van der Waals surface area contributed by atoms with Gasteiger partial charge in [-0.15, -0.1) is 11.3 Å². The lowest BCUT2D eigenvalue weighted by Gasteiger charge is -2.13. The van der Waals surface area contributed by atoms with Crippen LogP contribution in [0.4, 0.5) is 5.82 Å². The van der Waals surface area contributed by atoms with Crippen molar-refractivity contribution < 1.29 is 0 Å². The topological polar surface area (TPSA) is 63.6 Å². The molecule has 3 heterocycles. The van der Waals surface area contributed by atoms with Crippen LogP contribution in [0.15, 0.2) is 29.9 Å². The third-order valence-electron chi connectivity index (χ3n) is 2.98. The molecule has 0 fully saturated rings. The second kappa shape index (κ2) is 5.37. The summed E-state index contributed by atoms with van der Waals surface area (Å²) in [6.07, 6.45) is 3.32. The average Bonchev–Trinajstić information content (AvgIpc) is 2.94. The van der Waals surface area contributed by atoms with Gasteiger partial charge < -0.3 is 5.32 Å². The van der Waals surface area contributed by atoms with E-state index >= 15 is 0 Å². The molecule has 0 radical (unpaired) electrons. The molecule has 0 aliphatic heterocycles. The van der Waals surface area contributed by atoms with Crippen LogP contribution in [-0.2, 0) is 12.0 Å². The van der Waals surface area contributed by atoms with Crippen LogP contribution in [0.2, 0.25) is 0 Å². The quantitative estimate of drug-likeness (QED) is 0.803. The number of nitrogens with zero attached hydrogens (tertiary/aromatic N) is 4. The number of nitrogens with one attached hydrogen (secondary N) is 1. The first-order chi connectivity index (χ1) is 10.0. The molecule has 108 valence electrons. The van der Waals surface area contributed by atoms with Crippen molar-refractivity contribution in [3.05, 3.63) is 40.6 Å². The number of hydrogen-bond acceptors (Lipinski definition) is 6. The van der Waals surface area contributed by atoms with E-state index in [1.54, 1.807) is 23.7 Å². The highest BCUT2D eigenvalue weighted by atomic mass is 32.1. The highest BCUT2D eigenvalue weighted by Crippen LogP contribution is 2.25. The number of thiazole rings is 1. The minimum absolute atomic E-state index is 0.0969. The molecule has 0 aliphatic rings. The first-order valence-electron chi connectivity index (χ1n) is 6.79. The van der Waals surface area contributed by atoms with Crippen molar-refractivity contribution in [3.63, 3.8) is 0 Å². The van der Waals surface area contributed by atoms with Gasteiger partial charge in [0.2, 0.25) is 0 Å². The van der Waals surface area contributed by atoms with Crippen LogP contribution in [0.1, 0.15) is 31.5 Å². The van der Waals surface area contributed by atoms with Gasteiger partial charge in [0.05, 0.1) is 17.2 Å². The Hall–Kier alpha value is -2.08. The molecule has 0 aliphatic carbocycles. The molecule has 0 spiro atoms. The third kappa shape index (κ3) is 3.16. The second-order valence-corrected chi connectivity index (χ2v) is 6.70. The normalized spacial score (nSPS) is 11.8. The van der Waals surface area contributed by atoms with E-state index in [9.17, 15) is 0 Å². The fraction of sp³-hybridized carbons (Fsp3) is 0.333. The standard InChI is InChI=1S/C15H17N5S/c1-15(2,3)14-19-10(9-21-14)8-18-12-5-4-11-13(20-12)17-7-6-16-11/h4-7,9H,8H2,1-3H3,(H,17,18,20). The summed E-state index contributed by atoms with van der Waals surface area (Å²) in [5.41, 5.74) is 2.58. The highest BCUT2D eigenvalue weighted by Gasteiger charge is 2.17. The van der Waals surface area contributed by atoms with E-state index in [0.717, 1.165) is 22.0 Å². The zero-order valence-electron chi connectivity index (χ0n) is 12.3. The van der Waals surface area contributed by atoms with Crippen molar-refractivity contribution in [2.45, 2.75) is 32.7 Å². The molecule has 6 heteroatoms. The maximum atomic E-state index is 4.66. The van der Waals surface area contributed by atoms with Crippen molar-refractivity contribution in [1.82, 2.24) is 19.9 Å². The van der Waals surface area contributed by atoms with Crippen molar-refractivity contribution in [3.8, 4) is 0 Å². The summed E-state index contributed by atoms with van der Waals surface area (Å²) in [6, 6.07) is 3.83. The molecule has 21 heavy (non-hydrogen) atoms. The molecule has 0 saturated heterocycles. The maximum absolute atomic E-state index is 4.66. The molecule has 0 aromatic carbocycles. The largest absolute Gasteiger partial charge is 0.364 e. The van der Waals surface area contributed by atoms with Crippen LogP contribution in [0, 0.1) is 0 Å². The fourth-order valence-corrected chi connectivity index (χ4v) is 2.77. The minimum Gasteiger partial charge on any atom is -0.364 e. The van der Waals surface area contributed by atoms with Gasteiger partial charge in [-0.3, -0.25) is 4.98 Å². The van der Waals surface area contributed by atoms with Crippen LogP contribution in [0.3, 0.4) is 0 Å². The summed E-state index contributed by atoms with van der Waals surface area (Å²) in [5.74, 6) is 0.785. The van der Waals surface area contributed by atoms with Gasteiger partial charge >= 0.3 is 0 Å². The lowest BCUT2D eigenvalue weighted by atomic mass is 9.98. The Morgan fingerprint density at radius 2 is 1.90 bits per heavy atom. The summed E-state index contributed by atoms with van der Waals surface area (Å²) < 4.78 is 0. The van der Waals surface area contributed by atoms with Gasteiger partial charge in [0.25, 0.3) is 0 Å². The van der Waals surface area contributed by atoms with Crippen molar-refractivity contribution >= 4 is 28.3 Å². The van der Waals surface area contributed by atoms with Crippen LogP contribution >= 0.6 is 11.3 Å². The Balaban J connectivity index is 1.73. The number of fused-ring (bicyclic) bond motifs is 1. The van der Waals surface area contributed by atoms with Gasteiger partial charge in [-0.1, -0.05) is 20.8 Å². The molecule has 0 unspecified atom stereocenters. The first kappa shape index (κ1) is 13.9. The maximum Gasteiger partial charge on any atom is 0.180 e. The zero-order chi connectivity index (χ0) is 14.9. The van der Waals surface area contributed by atoms with Crippen molar-refractivity contribution in [2.24, 2.45) is 0 Å². The van der Waals surface area contributed by atoms with Gasteiger partial charge in [0.1, 0.15) is 11.3 Å². The van der Waals surface area contributed by atoms with E-state index in [0.29, 0.717) is 12.2 Å². The van der Waals surface area contributed by atoms with E-state index in [1.807, 2.05) is 12.1 Å². The van der Waals surface area contributed by atoms with E-state index < -0.39 is 0 Å². The predicted octanol–water partition coefficient (Wildman–Crippen LogP) is 3.39. The number of aromatic nitrogens is 4. The smallest absolute Gasteiger partial charge is 0.180 e. The molecule has 3 rings (SSSR count). The summed E-state index contributed by atoms with van der Waals surface area (Å²) >= 11 is 1.70. The third-order valence-corrected chi connectivity index (χ3v) is 4.29. The van der Waals surface area contributed by atoms with Crippen LogP contribution < -0.4 is 5.32 Å². The number of anilines is 1. The lowest BCUT2D eigenvalue weighted by Crippen LogP contribution is -2.11. The molecule has 0 bridgehead atoms. The molecule has 3 aromatic heterocycles. The molecule has 5 nitrogen and oxygen atoms in total. The summed E-state index contributed by atoms with van der Waals surface area (Å²) in [5, 5.41) is 6.52. The second-order valence-electron chi connectivity index (χ2n) is 5.84. The van der Waals surface area contributed by atoms with Gasteiger partial charge in [0.15, 0.2) is 5.65 Å². The summed E-state index contributed by atoms with van der Waals surface area (Å²) in [7, 11) is 0. The zero-order valence-corrected chi connectivity index (χ0v) is 13.1. The van der Waals surface area contributed by atoms with Crippen molar-refractivity contribution in [2.75, 3.05) is 5.32 Å². The Morgan fingerprint density at radius 1 is 1.10 bits per heavy atom. The van der Waals surface area contributed by atoms with Crippen molar-refractivity contribution in [1.29, 1.82) is 0 Å². The SMILES string of the molecule is CC(C)(C)c1nc(CNc2ccc3nccnc3n2)cs1. The van der Waals surface area contributed by atoms with E-state index in [4.69, 9.17) is 0 Å². The minimum atomic E-state index is 0.0969. The molecule has 3 aromatic rings. The first-order valence-corrected chi connectivity index (χ1v) is 7.67. The van der Waals surface area contributed by atoms with Gasteiger partial charge in [0, 0.05) is 23.2 Å². The Kier molecular flexibility index (Phi) is 3.55. The molecule has 1 N–H and O–H groups in total. The fourth-order valence-electron chi connectivity index (χ4n) is 1.87.